The van der Waals surface area contributed by atoms with E-state index in [1.165, 1.54) is 0 Å². The largest absolute Gasteiger partial charge is 0.493 e. The molecule has 1 rings (SSSR count). The molecule has 0 saturated carbocycles. The number of carbonyl (C=O) groups is 1. The number of likely N-dealkylation sites (N-methyl/N-ethyl adjacent to an activating group) is 1. The number of benzene rings is 1. The van der Waals surface area contributed by atoms with Crippen molar-refractivity contribution in [1.82, 2.24) is 4.90 Å². The van der Waals surface area contributed by atoms with Crippen molar-refractivity contribution in [1.29, 1.82) is 0 Å². The van der Waals surface area contributed by atoms with Crippen LogP contribution in [-0.2, 0) is 4.79 Å². The van der Waals surface area contributed by atoms with Crippen molar-refractivity contribution in [2.45, 2.75) is 13.8 Å². The Morgan fingerprint density at radius 2 is 1.81 bits per heavy atom. The van der Waals surface area contributed by atoms with Crippen molar-refractivity contribution in [3.05, 3.63) is 30.4 Å². The molecule has 0 aliphatic rings. The summed E-state index contributed by atoms with van der Waals surface area (Å²) < 4.78 is 16.1. The maximum atomic E-state index is 12.2. The van der Waals surface area contributed by atoms with Gasteiger partial charge in [0.15, 0.2) is 18.1 Å². The summed E-state index contributed by atoms with van der Waals surface area (Å²) in [4.78, 5) is 13.8. The van der Waals surface area contributed by atoms with Gasteiger partial charge in [-0.15, -0.1) is 0 Å². The molecule has 1 aromatic rings. The summed E-state index contributed by atoms with van der Waals surface area (Å²) in [5, 5.41) is 0. The van der Waals surface area contributed by atoms with Crippen molar-refractivity contribution in [3.8, 4) is 17.2 Å². The second kappa shape index (κ2) is 8.19. The van der Waals surface area contributed by atoms with Gasteiger partial charge in [0.1, 0.15) is 0 Å². The molecule has 0 N–H and O–H groups in total. The fraction of sp³-hybridized carbons (Fsp3) is 0.438. The van der Waals surface area contributed by atoms with Crippen LogP contribution in [0.4, 0.5) is 0 Å². The Kier molecular flexibility index (Phi) is 6.59. The number of rotatable bonds is 8. The van der Waals surface area contributed by atoms with E-state index in [4.69, 9.17) is 14.2 Å². The first-order valence-corrected chi connectivity index (χ1v) is 6.79. The average molecular weight is 293 g/mol. The molecular weight excluding hydrogens is 270 g/mol. The number of para-hydroxylation sites is 1. The molecular formula is C16H23NO4. The van der Waals surface area contributed by atoms with Crippen molar-refractivity contribution < 1.29 is 19.0 Å². The van der Waals surface area contributed by atoms with Gasteiger partial charge in [-0.25, -0.2) is 0 Å². The molecule has 116 valence electrons. The third kappa shape index (κ3) is 4.70. The van der Waals surface area contributed by atoms with Gasteiger partial charge >= 0.3 is 0 Å². The van der Waals surface area contributed by atoms with Gasteiger partial charge in [-0.3, -0.25) is 4.79 Å². The van der Waals surface area contributed by atoms with E-state index in [0.29, 0.717) is 30.3 Å². The predicted molar refractivity (Wildman–Crippen MR) is 82.1 cm³/mol. The summed E-state index contributed by atoms with van der Waals surface area (Å²) in [6.07, 6.45) is 0. The first-order valence-electron chi connectivity index (χ1n) is 6.79. The van der Waals surface area contributed by atoms with E-state index in [2.05, 4.69) is 6.58 Å². The van der Waals surface area contributed by atoms with Crippen molar-refractivity contribution in [3.63, 3.8) is 0 Å². The fourth-order valence-electron chi connectivity index (χ4n) is 1.89. The first-order chi connectivity index (χ1) is 10.0. The second-order valence-electron chi connectivity index (χ2n) is 4.65. The van der Waals surface area contributed by atoms with Crippen LogP contribution in [0.5, 0.6) is 17.2 Å². The number of nitrogens with zero attached hydrogens (tertiary/aromatic N) is 1. The lowest BCUT2D eigenvalue weighted by molar-refractivity contribution is -0.132. The highest BCUT2D eigenvalue weighted by Crippen LogP contribution is 2.36. The van der Waals surface area contributed by atoms with E-state index in [1.54, 1.807) is 37.3 Å². The van der Waals surface area contributed by atoms with Crippen LogP contribution in [-0.4, -0.2) is 44.7 Å². The molecule has 21 heavy (non-hydrogen) atoms. The van der Waals surface area contributed by atoms with Gasteiger partial charge in [0.05, 0.1) is 14.2 Å². The SMILES string of the molecule is C=C(C)CN(CC)C(=O)COc1c(OC)cccc1OC. The van der Waals surface area contributed by atoms with Gasteiger partial charge in [0.25, 0.3) is 5.91 Å². The zero-order valence-corrected chi connectivity index (χ0v) is 13.1. The molecule has 0 aromatic heterocycles. The summed E-state index contributed by atoms with van der Waals surface area (Å²) in [5.41, 5.74) is 0.931. The standard InChI is InChI=1S/C16H23NO4/c1-6-17(10-12(2)3)15(18)11-21-16-13(19-4)8-7-9-14(16)20-5/h7-9H,2,6,10-11H2,1,3-5H3. The van der Waals surface area contributed by atoms with Crippen LogP contribution in [0, 0.1) is 0 Å². The van der Waals surface area contributed by atoms with E-state index >= 15 is 0 Å². The van der Waals surface area contributed by atoms with Gasteiger partial charge in [0, 0.05) is 13.1 Å². The van der Waals surface area contributed by atoms with Crippen LogP contribution < -0.4 is 14.2 Å². The Bertz CT molecular complexity index is 477. The minimum Gasteiger partial charge on any atom is -0.493 e. The highest BCUT2D eigenvalue weighted by atomic mass is 16.5. The maximum absolute atomic E-state index is 12.2. The van der Waals surface area contributed by atoms with E-state index in [1.807, 2.05) is 13.8 Å². The number of carbonyl (C=O) groups excluding carboxylic acids is 1. The van der Waals surface area contributed by atoms with Crippen LogP contribution in [0.15, 0.2) is 30.4 Å². The molecule has 0 atom stereocenters. The Hall–Kier alpha value is -2.17. The smallest absolute Gasteiger partial charge is 0.260 e. The maximum Gasteiger partial charge on any atom is 0.260 e. The summed E-state index contributed by atoms with van der Waals surface area (Å²) in [5.74, 6) is 1.39. The first kappa shape index (κ1) is 16.9. The van der Waals surface area contributed by atoms with E-state index in [-0.39, 0.29) is 12.5 Å². The molecule has 0 unspecified atom stereocenters. The summed E-state index contributed by atoms with van der Waals surface area (Å²) in [7, 11) is 3.09. The van der Waals surface area contributed by atoms with Gasteiger partial charge in [-0.05, 0) is 26.0 Å². The number of methoxy groups -OCH3 is 2. The Morgan fingerprint density at radius 1 is 1.24 bits per heavy atom. The molecule has 0 aliphatic carbocycles. The van der Waals surface area contributed by atoms with Gasteiger partial charge < -0.3 is 19.1 Å². The van der Waals surface area contributed by atoms with Crippen LogP contribution in [0.2, 0.25) is 0 Å². The van der Waals surface area contributed by atoms with E-state index in [0.717, 1.165) is 5.57 Å². The average Bonchev–Trinajstić information content (AvgIpc) is 2.49. The monoisotopic (exact) mass is 293 g/mol. The van der Waals surface area contributed by atoms with Crippen molar-refractivity contribution >= 4 is 5.91 Å². The minimum absolute atomic E-state index is 0.0716. The van der Waals surface area contributed by atoms with Gasteiger partial charge in [-0.2, -0.15) is 0 Å². The molecule has 5 heteroatoms. The van der Waals surface area contributed by atoms with Crippen molar-refractivity contribution in [2.75, 3.05) is 33.9 Å². The van der Waals surface area contributed by atoms with E-state index < -0.39 is 0 Å². The predicted octanol–water partition coefficient (Wildman–Crippen LogP) is 2.51. The third-order valence-corrected chi connectivity index (χ3v) is 2.92. The van der Waals surface area contributed by atoms with Crippen LogP contribution >= 0.6 is 0 Å². The lowest BCUT2D eigenvalue weighted by atomic mass is 10.3. The number of ether oxygens (including phenoxy) is 3. The van der Waals surface area contributed by atoms with E-state index in [9.17, 15) is 4.79 Å². The van der Waals surface area contributed by atoms with Crippen molar-refractivity contribution in [2.24, 2.45) is 0 Å². The zero-order valence-electron chi connectivity index (χ0n) is 13.1. The molecule has 1 amide bonds. The highest BCUT2D eigenvalue weighted by Gasteiger charge is 2.16. The Morgan fingerprint density at radius 3 is 2.24 bits per heavy atom. The lowest BCUT2D eigenvalue weighted by Gasteiger charge is -2.21. The lowest BCUT2D eigenvalue weighted by Crippen LogP contribution is -2.35. The van der Waals surface area contributed by atoms with Crippen LogP contribution in [0.25, 0.3) is 0 Å². The highest BCUT2D eigenvalue weighted by molar-refractivity contribution is 5.78. The normalized spacial score (nSPS) is 9.90. The molecule has 0 fully saturated rings. The second-order valence-corrected chi connectivity index (χ2v) is 4.65. The molecule has 0 saturated heterocycles. The zero-order chi connectivity index (χ0) is 15.8. The summed E-state index contributed by atoms with van der Waals surface area (Å²) in [6, 6.07) is 5.31. The summed E-state index contributed by atoms with van der Waals surface area (Å²) in [6.45, 7) is 8.70. The van der Waals surface area contributed by atoms with Gasteiger partial charge in [-0.1, -0.05) is 18.2 Å². The summed E-state index contributed by atoms with van der Waals surface area (Å²) >= 11 is 0. The minimum atomic E-state index is -0.103. The van der Waals surface area contributed by atoms with Crippen LogP contribution in [0.1, 0.15) is 13.8 Å². The molecule has 0 spiro atoms. The number of hydrogen-bond donors (Lipinski definition) is 0. The molecule has 0 radical (unpaired) electrons. The Balaban J connectivity index is 2.78. The quantitative estimate of drug-likeness (QED) is 0.691. The van der Waals surface area contributed by atoms with Crippen LogP contribution in [0.3, 0.4) is 0 Å². The number of amides is 1. The topological polar surface area (TPSA) is 48.0 Å². The molecule has 0 bridgehead atoms. The fourth-order valence-corrected chi connectivity index (χ4v) is 1.89. The number of hydrogen-bond acceptors (Lipinski definition) is 4. The Labute approximate surface area is 126 Å². The third-order valence-electron chi connectivity index (χ3n) is 2.92. The molecule has 5 nitrogen and oxygen atoms in total. The molecule has 1 aromatic carbocycles. The molecule has 0 aliphatic heterocycles. The van der Waals surface area contributed by atoms with Gasteiger partial charge in [0.2, 0.25) is 5.75 Å². The molecule has 0 heterocycles.